The van der Waals surface area contributed by atoms with Crippen molar-refractivity contribution in [1.29, 1.82) is 0 Å². The lowest BCUT2D eigenvalue weighted by atomic mass is 10.1. The summed E-state index contributed by atoms with van der Waals surface area (Å²) in [4.78, 5) is 27.5. The number of amides is 2. The summed E-state index contributed by atoms with van der Waals surface area (Å²) in [6, 6.07) is 10.6. The first-order valence-corrected chi connectivity index (χ1v) is 13.5. The first-order chi connectivity index (χ1) is 15.3. The van der Waals surface area contributed by atoms with Crippen LogP contribution in [-0.4, -0.2) is 50.0 Å². The Morgan fingerprint density at radius 1 is 1.03 bits per heavy atom. The molecule has 7 nitrogen and oxygen atoms in total. The number of carbonyl (C=O) groups is 2. The number of halogens is 3. The van der Waals surface area contributed by atoms with Gasteiger partial charge >= 0.3 is 0 Å². The molecule has 0 heterocycles. The zero-order chi connectivity index (χ0) is 24.9. The molecule has 0 saturated carbocycles. The van der Waals surface area contributed by atoms with Crippen LogP contribution in [0.15, 0.2) is 46.9 Å². The minimum absolute atomic E-state index is 0.118. The number of nitrogens with zero attached hydrogens (tertiary/aromatic N) is 2. The summed E-state index contributed by atoms with van der Waals surface area (Å²) in [6.07, 6.45) is 0.989. The van der Waals surface area contributed by atoms with Gasteiger partial charge in [-0.1, -0.05) is 51.3 Å². The number of anilines is 1. The van der Waals surface area contributed by atoms with E-state index >= 15 is 0 Å². The summed E-state index contributed by atoms with van der Waals surface area (Å²) >= 11 is 15.5. The molecule has 0 fully saturated rings. The van der Waals surface area contributed by atoms with Crippen LogP contribution < -0.4 is 9.62 Å². The number of carbonyl (C=O) groups excluding carboxylic acids is 2. The molecule has 0 aliphatic rings. The van der Waals surface area contributed by atoms with Gasteiger partial charge in [0.15, 0.2) is 0 Å². The predicted molar refractivity (Wildman–Crippen MR) is 136 cm³/mol. The Balaban J connectivity index is 2.41. The van der Waals surface area contributed by atoms with Crippen molar-refractivity contribution < 1.29 is 18.0 Å². The number of hydrogen-bond acceptors (Lipinski definition) is 4. The minimum atomic E-state index is -3.86. The Labute approximate surface area is 213 Å². The summed E-state index contributed by atoms with van der Waals surface area (Å²) in [7, 11) is -3.86. The number of nitrogens with one attached hydrogen (secondary N) is 1. The Hall–Kier alpha value is -1.81. The molecule has 0 aliphatic carbocycles. The number of hydrogen-bond donors (Lipinski definition) is 1. The van der Waals surface area contributed by atoms with Gasteiger partial charge in [-0.25, -0.2) is 8.42 Å². The quantitative estimate of drug-likeness (QED) is 0.476. The molecule has 180 valence electrons. The molecule has 0 unspecified atom stereocenters. The zero-order valence-corrected chi connectivity index (χ0v) is 22.6. The van der Waals surface area contributed by atoms with Crippen LogP contribution in [0.1, 0.15) is 26.3 Å². The summed E-state index contributed by atoms with van der Waals surface area (Å²) in [6.45, 7) is 4.84. The highest BCUT2D eigenvalue weighted by Crippen LogP contribution is 2.27. The van der Waals surface area contributed by atoms with Gasteiger partial charge in [-0.3, -0.25) is 13.9 Å². The maximum atomic E-state index is 13.4. The van der Waals surface area contributed by atoms with Gasteiger partial charge in [-0.05, 0) is 56.7 Å². The highest BCUT2D eigenvalue weighted by Gasteiger charge is 2.30. The van der Waals surface area contributed by atoms with Crippen molar-refractivity contribution in [3.63, 3.8) is 0 Å². The molecular weight excluding hydrogens is 553 g/mol. The van der Waals surface area contributed by atoms with Gasteiger partial charge < -0.3 is 10.2 Å². The smallest absolute Gasteiger partial charge is 0.244 e. The molecule has 0 saturated heterocycles. The largest absolute Gasteiger partial charge is 0.352 e. The third-order valence-corrected chi connectivity index (χ3v) is 6.78. The lowest BCUT2D eigenvalue weighted by molar-refractivity contribution is -0.139. The summed E-state index contributed by atoms with van der Waals surface area (Å²) in [5.74, 6) is -0.891. The molecule has 1 atom stereocenters. The van der Waals surface area contributed by atoms with Crippen molar-refractivity contribution >= 4 is 66.7 Å². The van der Waals surface area contributed by atoms with E-state index in [1.54, 1.807) is 6.92 Å². The Kier molecular flexibility index (Phi) is 9.60. The maximum absolute atomic E-state index is 13.4. The van der Waals surface area contributed by atoms with Crippen molar-refractivity contribution in [3.05, 3.63) is 62.5 Å². The van der Waals surface area contributed by atoms with E-state index in [2.05, 4.69) is 21.2 Å². The molecule has 2 rings (SSSR count). The first-order valence-electron chi connectivity index (χ1n) is 10.1. The van der Waals surface area contributed by atoms with E-state index in [-0.39, 0.29) is 34.2 Å². The molecule has 0 radical (unpaired) electrons. The standard InChI is InChI=1S/C22H26BrCl2N3O4S/c1-14(2)26-22(30)15(3)27(12-16-5-7-17(23)8-6-16)21(29)13-28(33(4,31)32)20-10-18(24)9-19(25)11-20/h5-11,14-15H,12-13H2,1-4H3,(H,26,30)/t15-/m1/s1. The molecule has 2 aromatic carbocycles. The van der Waals surface area contributed by atoms with Crippen LogP contribution in [0.25, 0.3) is 0 Å². The van der Waals surface area contributed by atoms with Gasteiger partial charge in [0.2, 0.25) is 21.8 Å². The predicted octanol–water partition coefficient (Wildman–Crippen LogP) is 4.46. The Bertz CT molecular complexity index is 1090. The lowest BCUT2D eigenvalue weighted by Gasteiger charge is -2.32. The lowest BCUT2D eigenvalue weighted by Crippen LogP contribution is -2.52. The SMILES string of the molecule is CC(C)NC(=O)[C@@H](C)N(Cc1ccc(Br)cc1)C(=O)CN(c1cc(Cl)cc(Cl)c1)S(C)(=O)=O. The van der Waals surface area contributed by atoms with E-state index in [0.29, 0.717) is 0 Å². The molecular formula is C22H26BrCl2N3O4S. The fourth-order valence-electron chi connectivity index (χ4n) is 3.07. The molecule has 0 bridgehead atoms. The second-order valence-electron chi connectivity index (χ2n) is 7.88. The summed E-state index contributed by atoms with van der Waals surface area (Å²) < 4.78 is 26.9. The van der Waals surface area contributed by atoms with Crippen LogP contribution in [0.2, 0.25) is 10.0 Å². The topological polar surface area (TPSA) is 86.8 Å². The number of sulfonamides is 1. The monoisotopic (exact) mass is 577 g/mol. The van der Waals surface area contributed by atoms with Crippen LogP contribution in [0.3, 0.4) is 0 Å². The van der Waals surface area contributed by atoms with Crippen molar-refractivity contribution in [2.75, 3.05) is 17.1 Å². The van der Waals surface area contributed by atoms with Crippen LogP contribution >= 0.6 is 39.1 Å². The first kappa shape index (κ1) is 27.4. The fraction of sp³-hybridized carbons (Fsp3) is 0.364. The fourth-order valence-corrected chi connectivity index (χ4v) is 4.68. The molecule has 0 aromatic heterocycles. The molecule has 0 aliphatic heterocycles. The normalized spacial score (nSPS) is 12.4. The summed E-state index contributed by atoms with van der Waals surface area (Å²) in [5, 5.41) is 3.26. The second kappa shape index (κ2) is 11.6. The minimum Gasteiger partial charge on any atom is -0.352 e. The van der Waals surface area contributed by atoms with Gasteiger partial charge in [0.05, 0.1) is 11.9 Å². The van der Waals surface area contributed by atoms with Crippen molar-refractivity contribution in [1.82, 2.24) is 10.2 Å². The van der Waals surface area contributed by atoms with Crippen LogP contribution in [0.4, 0.5) is 5.69 Å². The van der Waals surface area contributed by atoms with Crippen molar-refractivity contribution in [3.8, 4) is 0 Å². The van der Waals surface area contributed by atoms with E-state index in [0.717, 1.165) is 20.6 Å². The third kappa shape index (κ3) is 8.17. The molecule has 33 heavy (non-hydrogen) atoms. The van der Waals surface area contributed by atoms with Gasteiger partial charge in [0.1, 0.15) is 12.6 Å². The molecule has 11 heteroatoms. The molecule has 0 spiro atoms. The van der Waals surface area contributed by atoms with E-state index in [4.69, 9.17) is 23.2 Å². The highest BCUT2D eigenvalue weighted by molar-refractivity contribution is 9.10. The zero-order valence-electron chi connectivity index (χ0n) is 18.7. The second-order valence-corrected chi connectivity index (χ2v) is 11.6. The van der Waals surface area contributed by atoms with E-state index < -0.39 is 28.5 Å². The van der Waals surface area contributed by atoms with Gasteiger partial charge in [0, 0.05) is 27.1 Å². The Morgan fingerprint density at radius 3 is 2.06 bits per heavy atom. The molecule has 2 aromatic rings. The van der Waals surface area contributed by atoms with Crippen LogP contribution in [0, 0.1) is 0 Å². The molecule has 2 amide bonds. The highest BCUT2D eigenvalue weighted by atomic mass is 79.9. The van der Waals surface area contributed by atoms with Gasteiger partial charge in [0.25, 0.3) is 0 Å². The van der Waals surface area contributed by atoms with Gasteiger partial charge in [-0.2, -0.15) is 0 Å². The van der Waals surface area contributed by atoms with Crippen LogP contribution in [-0.2, 0) is 26.2 Å². The van der Waals surface area contributed by atoms with Crippen molar-refractivity contribution in [2.24, 2.45) is 0 Å². The molecule has 1 N–H and O–H groups in total. The van der Waals surface area contributed by atoms with E-state index in [9.17, 15) is 18.0 Å². The third-order valence-electron chi connectivity index (χ3n) is 4.68. The number of rotatable bonds is 9. The Morgan fingerprint density at radius 2 is 1.58 bits per heavy atom. The van der Waals surface area contributed by atoms with Crippen LogP contribution in [0.5, 0.6) is 0 Å². The average Bonchev–Trinajstić information content (AvgIpc) is 2.68. The van der Waals surface area contributed by atoms with Crippen molar-refractivity contribution in [2.45, 2.75) is 39.4 Å². The van der Waals surface area contributed by atoms with Gasteiger partial charge in [-0.15, -0.1) is 0 Å². The maximum Gasteiger partial charge on any atom is 0.244 e. The number of benzene rings is 2. The van der Waals surface area contributed by atoms with E-state index in [1.807, 2.05) is 38.1 Å². The van der Waals surface area contributed by atoms with E-state index in [1.165, 1.54) is 23.1 Å². The average molecular weight is 579 g/mol. The summed E-state index contributed by atoms with van der Waals surface area (Å²) in [5.41, 5.74) is 0.943.